The second kappa shape index (κ2) is 5.84. The molecule has 0 fully saturated rings. The van der Waals surface area contributed by atoms with Gasteiger partial charge >= 0.3 is 0 Å². The van der Waals surface area contributed by atoms with Crippen molar-refractivity contribution in [3.05, 3.63) is 63.9 Å². The lowest BCUT2D eigenvalue weighted by Gasteiger charge is -2.09. The van der Waals surface area contributed by atoms with E-state index in [1.165, 1.54) is 6.07 Å². The second-order valence-electron chi connectivity index (χ2n) is 4.01. The zero-order chi connectivity index (χ0) is 13.8. The Bertz CT molecular complexity index is 599. The Labute approximate surface area is 118 Å². The Morgan fingerprint density at radius 1 is 1.21 bits per heavy atom. The summed E-state index contributed by atoms with van der Waals surface area (Å²) in [7, 11) is 0. The van der Waals surface area contributed by atoms with Crippen molar-refractivity contribution < 1.29 is 9.18 Å². The highest BCUT2D eigenvalue weighted by Crippen LogP contribution is 2.21. The van der Waals surface area contributed by atoms with Crippen molar-refractivity contribution >= 4 is 27.5 Å². The van der Waals surface area contributed by atoms with Crippen molar-refractivity contribution in [2.45, 2.75) is 6.54 Å². The first-order valence-corrected chi connectivity index (χ1v) is 6.44. The number of carbonyl (C=O) groups is 1. The molecule has 0 atom stereocenters. The van der Waals surface area contributed by atoms with Crippen LogP contribution in [0.15, 0.2) is 46.9 Å². The molecule has 3 nitrogen and oxygen atoms in total. The highest BCUT2D eigenvalue weighted by molar-refractivity contribution is 9.10. The van der Waals surface area contributed by atoms with Gasteiger partial charge in [0.1, 0.15) is 5.82 Å². The SMILES string of the molecule is NC(=O)c1ccc(NCc2cccc(F)c2Br)cc1. The van der Waals surface area contributed by atoms with Crippen LogP contribution in [0.1, 0.15) is 15.9 Å². The minimum atomic E-state index is -0.459. The molecule has 0 aromatic heterocycles. The first-order chi connectivity index (χ1) is 9.08. The standard InChI is InChI=1S/C14H12BrFN2O/c15-13-10(2-1-3-12(13)16)8-18-11-6-4-9(5-7-11)14(17)19/h1-7,18H,8H2,(H2,17,19). The largest absolute Gasteiger partial charge is 0.381 e. The van der Waals surface area contributed by atoms with E-state index in [4.69, 9.17) is 5.73 Å². The van der Waals surface area contributed by atoms with Crippen LogP contribution in [-0.4, -0.2) is 5.91 Å². The van der Waals surface area contributed by atoms with Gasteiger partial charge in [0.2, 0.25) is 5.91 Å². The van der Waals surface area contributed by atoms with Gasteiger partial charge in [0.05, 0.1) is 4.47 Å². The molecule has 5 heteroatoms. The van der Waals surface area contributed by atoms with Gasteiger partial charge in [-0.1, -0.05) is 12.1 Å². The fourth-order valence-electron chi connectivity index (χ4n) is 1.63. The van der Waals surface area contributed by atoms with Gasteiger partial charge in [0.15, 0.2) is 0 Å². The summed E-state index contributed by atoms with van der Waals surface area (Å²) < 4.78 is 13.8. The number of rotatable bonds is 4. The van der Waals surface area contributed by atoms with Crippen molar-refractivity contribution in [2.75, 3.05) is 5.32 Å². The lowest BCUT2D eigenvalue weighted by molar-refractivity contribution is 0.100. The van der Waals surface area contributed by atoms with Crippen LogP contribution in [0.4, 0.5) is 10.1 Å². The first-order valence-electron chi connectivity index (χ1n) is 5.64. The molecule has 0 spiro atoms. The molecule has 2 rings (SSSR count). The minimum Gasteiger partial charge on any atom is -0.381 e. The van der Waals surface area contributed by atoms with Gasteiger partial charge in [0, 0.05) is 17.8 Å². The van der Waals surface area contributed by atoms with Gasteiger partial charge in [-0.15, -0.1) is 0 Å². The Morgan fingerprint density at radius 2 is 1.89 bits per heavy atom. The van der Waals surface area contributed by atoms with E-state index in [2.05, 4.69) is 21.2 Å². The van der Waals surface area contributed by atoms with Gasteiger partial charge in [-0.3, -0.25) is 4.79 Å². The zero-order valence-corrected chi connectivity index (χ0v) is 11.6. The van der Waals surface area contributed by atoms with Gasteiger partial charge in [-0.05, 0) is 51.8 Å². The molecule has 0 aliphatic heterocycles. The van der Waals surface area contributed by atoms with Crippen LogP contribution in [-0.2, 0) is 6.54 Å². The van der Waals surface area contributed by atoms with Crippen LogP contribution in [0.2, 0.25) is 0 Å². The highest BCUT2D eigenvalue weighted by atomic mass is 79.9. The molecule has 0 saturated heterocycles. The van der Waals surface area contributed by atoms with Crippen molar-refractivity contribution in [3.63, 3.8) is 0 Å². The lowest BCUT2D eigenvalue weighted by atomic mass is 10.2. The topological polar surface area (TPSA) is 55.1 Å². The second-order valence-corrected chi connectivity index (χ2v) is 4.80. The van der Waals surface area contributed by atoms with Crippen molar-refractivity contribution in [2.24, 2.45) is 5.73 Å². The summed E-state index contributed by atoms with van der Waals surface area (Å²) in [4.78, 5) is 10.9. The summed E-state index contributed by atoms with van der Waals surface area (Å²) in [6.07, 6.45) is 0. The molecule has 0 saturated carbocycles. The van der Waals surface area contributed by atoms with Gasteiger partial charge in [0.25, 0.3) is 0 Å². The fourth-order valence-corrected chi connectivity index (χ4v) is 2.04. The summed E-state index contributed by atoms with van der Waals surface area (Å²) in [6.45, 7) is 0.480. The maximum Gasteiger partial charge on any atom is 0.248 e. The van der Waals surface area contributed by atoms with Crippen molar-refractivity contribution in [1.82, 2.24) is 0 Å². The molecule has 2 aromatic carbocycles. The third kappa shape index (κ3) is 3.32. The van der Waals surface area contributed by atoms with Crippen LogP contribution in [0.3, 0.4) is 0 Å². The number of amides is 1. The zero-order valence-electron chi connectivity index (χ0n) is 9.99. The minimum absolute atomic E-state index is 0.289. The normalized spacial score (nSPS) is 10.2. The maximum absolute atomic E-state index is 13.3. The predicted octanol–water partition coefficient (Wildman–Crippen LogP) is 3.30. The molecule has 1 amide bonds. The van der Waals surface area contributed by atoms with Crippen LogP contribution in [0.5, 0.6) is 0 Å². The summed E-state index contributed by atoms with van der Waals surface area (Å²) in [5.74, 6) is -0.747. The van der Waals surface area contributed by atoms with Gasteiger partial charge in [-0.2, -0.15) is 0 Å². The number of hydrogen-bond acceptors (Lipinski definition) is 2. The third-order valence-corrected chi connectivity index (χ3v) is 3.57. The van der Waals surface area contributed by atoms with E-state index < -0.39 is 5.91 Å². The quantitative estimate of drug-likeness (QED) is 0.907. The molecule has 0 bridgehead atoms. The van der Waals surface area contributed by atoms with E-state index in [0.717, 1.165) is 11.3 Å². The van der Waals surface area contributed by atoms with E-state index in [0.29, 0.717) is 16.6 Å². The van der Waals surface area contributed by atoms with Gasteiger partial charge < -0.3 is 11.1 Å². The predicted molar refractivity (Wildman–Crippen MR) is 76.4 cm³/mol. The smallest absolute Gasteiger partial charge is 0.248 e. The highest BCUT2D eigenvalue weighted by Gasteiger charge is 2.05. The number of halogens is 2. The maximum atomic E-state index is 13.3. The van der Waals surface area contributed by atoms with Gasteiger partial charge in [-0.25, -0.2) is 4.39 Å². The fraction of sp³-hybridized carbons (Fsp3) is 0.0714. The van der Waals surface area contributed by atoms with Crippen LogP contribution >= 0.6 is 15.9 Å². The Kier molecular flexibility index (Phi) is 4.16. The summed E-state index contributed by atoms with van der Waals surface area (Å²) >= 11 is 3.21. The van der Waals surface area contributed by atoms with E-state index >= 15 is 0 Å². The van der Waals surface area contributed by atoms with Crippen molar-refractivity contribution in [1.29, 1.82) is 0 Å². The van der Waals surface area contributed by atoms with E-state index in [9.17, 15) is 9.18 Å². The van der Waals surface area contributed by atoms with E-state index in [1.54, 1.807) is 30.3 Å². The number of hydrogen-bond donors (Lipinski definition) is 2. The molecule has 0 heterocycles. The number of nitrogens with two attached hydrogens (primary N) is 1. The van der Waals surface area contributed by atoms with E-state index in [1.807, 2.05) is 6.07 Å². The molecule has 0 aliphatic rings. The summed E-state index contributed by atoms with van der Waals surface area (Å²) in [5, 5.41) is 3.15. The molecule has 19 heavy (non-hydrogen) atoms. The number of benzene rings is 2. The monoisotopic (exact) mass is 322 g/mol. The molecule has 3 N–H and O–H groups in total. The van der Waals surface area contributed by atoms with Crippen molar-refractivity contribution in [3.8, 4) is 0 Å². The number of primary amides is 1. The molecule has 0 radical (unpaired) electrons. The van der Waals surface area contributed by atoms with Crippen LogP contribution in [0, 0.1) is 5.82 Å². The number of carbonyl (C=O) groups excluding carboxylic acids is 1. The van der Waals surface area contributed by atoms with Crippen LogP contribution in [0.25, 0.3) is 0 Å². The average molecular weight is 323 g/mol. The molecule has 0 aliphatic carbocycles. The molecule has 2 aromatic rings. The third-order valence-electron chi connectivity index (χ3n) is 2.68. The summed E-state index contributed by atoms with van der Waals surface area (Å²) in [5.41, 5.74) is 7.27. The molecule has 98 valence electrons. The van der Waals surface area contributed by atoms with E-state index in [-0.39, 0.29) is 5.82 Å². The Morgan fingerprint density at radius 3 is 2.53 bits per heavy atom. The van der Waals surface area contributed by atoms with Crippen LogP contribution < -0.4 is 11.1 Å². The summed E-state index contributed by atoms with van der Waals surface area (Å²) in [6, 6.07) is 11.7. The molecular formula is C14H12BrFN2O. The Balaban J connectivity index is 2.06. The number of nitrogens with one attached hydrogen (secondary N) is 1. The molecular weight excluding hydrogens is 311 g/mol. The first kappa shape index (κ1) is 13.5. The average Bonchev–Trinajstić information content (AvgIpc) is 2.41. The number of anilines is 1. The lowest BCUT2D eigenvalue weighted by Crippen LogP contribution is -2.10. The Hall–Kier alpha value is -1.88. The molecule has 0 unspecified atom stereocenters.